The second-order valence-electron chi connectivity index (χ2n) is 7.52. The zero-order chi connectivity index (χ0) is 18.0. The Balaban J connectivity index is 1.61. The van der Waals surface area contributed by atoms with Crippen molar-refractivity contribution >= 4 is 11.8 Å². The molecule has 2 fully saturated rings. The molecule has 0 spiro atoms. The third-order valence-electron chi connectivity index (χ3n) is 5.01. The van der Waals surface area contributed by atoms with E-state index >= 15 is 0 Å². The molecule has 1 aromatic rings. The van der Waals surface area contributed by atoms with Crippen LogP contribution < -0.4 is 4.74 Å². The fourth-order valence-electron chi connectivity index (χ4n) is 3.87. The quantitative estimate of drug-likeness (QED) is 0.828. The summed E-state index contributed by atoms with van der Waals surface area (Å²) in [6, 6.07) is 1.64. The molecule has 7 heteroatoms. The normalized spacial score (nSPS) is 23.8. The van der Waals surface area contributed by atoms with Gasteiger partial charge in [-0.3, -0.25) is 9.59 Å². The van der Waals surface area contributed by atoms with E-state index in [1.54, 1.807) is 13.1 Å². The van der Waals surface area contributed by atoms with E-state index in [0.717, 1.165) is 45.4 Å². The molecule has 0 unspecified atom stereocenters. The highest BCUT2D eigenvalue weighted by atomic mass is 16.5. The molecule has 0 aromatic carbocycles. The number of carbonyl (C=O) groups excluding carboxylic acids is 2. The van der Waals surface area contributed by atoms with E-state index in [0.29, 0.717) is 23.4 Å². The van der Waals surface area contributed by atoms with Crippen molar-refractivity contribution in [3.63, 3.8) is 0 Å². The molecule has 2 atom stereocenters. The lowest BCUT2D eigenvalue weighted by molar-refractivity contribution is -0.132. The van der Waals surface area contributed by atoms with Gasteiger partial charge in [-0.2, -0.15) is 5.10 Å². The lowest BCUT2D eigenvalue weighted by Crippen LogP contribution is -2.42. The Bertz CT molecular complexity index is 626. The van der Waals surface area contributed by atoms with E-state index in [4.69, 9.17) is 4.74 Å². The van der Waals surface area contributed by atoms with Crippen LogP contribution in [0.25, 0.3) is 0 Å². The maximum atomic E-state index is 12.7. The van der Waals surface area contributed by atoms with Gasteiger partial charge in [0.05, 0.1) is 0 Å². The minimum atomic E-state index is -0.0604. The van der Waals surface area contributed by atoms with Crippen LogP contribution in [0.3, 0.4) is 0 Å². The Hall–Kier alpha value is -2.05. The second-order valence-corrected chi connectivity index (χ2v) is 7.52. The highest BCUT2D eigenvalue weighted by Crippen LogP contribution is 2.23. The summed E-state index contributed by atoms with van der Waals surface area (Å²) in [5.74, 6) is 1.39. The van der Waals surface area contributed by atoms with Crippen molar-refractivity contribution in [3.05, 3.63) is 11.8 Å². The lowest BCUT2D eigenvalue weighted by atomic mass is 9.92. The first-order valence-corrected chi connectivity index (χ1v) is 9.18. The van der Waals surface area contributed by atoms with Crippen molar-refractivity contribution in [2.75, 3.05) is 32.8 Å². The largest absolute Gasteiger partial charge is 0.468 e. The molecule has 25 heavy (non-hydrogen) atoms. The standard InChI is InChI=1S/C18H28N4O3/c1-13-8-14(2)11-22(10-13)18(24)15-9-17(20(3)19-15)25-12-16(23)21-6-4-5-7-21/h9,13-14H,4-8,10-12H2,1-3H3/t13-,14+. The summed E-state index contributed by atoms with van der Waals surface area (Å²) in [5.41, 5.74) is 0.382. The average molecular weight is 348 g/mol. The number of rotatable bonds is 4. The monoisotopic (exact) mass is 348 g/mol. The molecule has 0 saturated carbocycles. The van der Waals surface area contributed by atoms with Gasteiger partial charge in [0, 0.05) is 39.3 Å². The molecular formula is C18H28N4O3. The van der Waals surface area contributed by atoms with Gasteiger partial charge in [0.2, 0.25) is 5.88 Å². The third kappa shape index (κ3) is 4.14. The summed E-state index contributed by atoms with van der Waals surface area (Å²) in [6.45, 7) is 7.49. The molecule has 1 aromatic heterocycles. The van der Waals surface area contributed by atoms with Crippen LogP contribution in [0.1, 0.15) is 43.6 Å². The number of aromatic nitrogens is 2. The molecule has 0 bridgehead atoms. The zero-order valence-corrected chi connectivity index (χ0v) is 15.4. The molecule has 7 nitrogen and oxygen atoms in total. The molecule has 2 aliphatic rings. The number of nitrogens with zero attached hydrogens (tertiary/aromatic N) is 4. The number of piperidine rings is 1. The van der Waals surface area contributed by atoms with Crippen molar-refractivity contribution < 1.29 is 14.3 Å². The summed E-state index contributed by atoms with van der Waals surface area (Å²) in [7, 11) is 1.73. The van der Waals surface area contributed by atoms with Crippen LogP contribution >= 0.6 is 0 Å². The SMILES string of the molecule is C[C@@H]1C[C@H](C)CN(C(=O)c2cc(OCC(=O)N3CCCC3)n(C)n2)C1. The van der Waals surface area contributed by atoms with Gasteiger partial charge in [0.1, 0.15) is 0 Å². The van der Waals surface area contributed by atoms with Crippen LogP contribution in [0.15, 0.2) is 6.07 Å². The molecule has 138 valence electrons. The number of likely N-dealkylation sites (tertiary alicyclic amines) is 2. The molecule has 0 radical (unpaired) electrons. The number of aryl methyl sites for hydroxylation is 1. The van der Waals surface area contributed by atoms with Gasteiger partial charge < -0.3 is 14.5 Å². The van der Waals surface area contributed by atoms with Crippen molar-refractivity contribution in [2.45, 2.75) is 33.1 Å². The zero-order valence-electron chi connectivity index (χ0n) is 15.4. The van der Waals surface area contributed by atoms with Crippen molar-refractivity contribution in [2.24, 2.45) is 18.9 Å². The van der Waals surface area contributed by atoms with E-state index < -0.39 is 0 Å². The number of ether oxygens (including phenoxy) is 1. The van der Waals surface area contributed by atoms with Gasteiger partial charge in [-0.15, -0.1) is 0 Å². The van der Waals surface area contributed by atoms with E-state index in [1.807, 2.05) is 9.80 Å². The van der Waals surface area contributed by atoms with Crippen LogP contribution in [-0.4, -0.2) is 64.2 Å². The number of amides is 2. The average Bonchev–Trinajstić information content (AvgIpc) is 3.21. The van der Waals surface area contributed by atoms with Crippen LogP contribution in [0.2, 0.25) is 0 Å². The van der Waals surface area contributed by atoms with Gasteiger partial charge in [0.15, 0.2) is 12.3 Å². The highest BCUT2D eigenvalue weighted by molar-refractivity contribution is 5.92. The maximum absolute atomic E-state index is 12.7. The van der Waals surface area contributed by atoms with Crippen LogP contribution in [0, 0.1) is 11.8 Å². The summed E-state index contributed by atoms with van der Waals surface area (Å²) < 4.78 is 7.14. The predicted octanol–water partition coefficient (Wildman–Crippen LogP) is 1.54. The lowest BCUT2D eigenvalue weighted by Gasteiger charge is -2.34. The second kappa shape index (κ2) is 7.45. The number of hydrogen-bond acceptors (Lipinski definition) is 4. The summed E-state index contributed by atoms with van der Waals surface area (Å²) in [4.78, 5) is 28.5. The maximum Gasteiger partial charge on any atom is 0.274 e. The number of hydrogen-bond donors (Lipinski definition) is 0. The minimum Gasteiger partial charge on any atom is -0.468 e. The Morgan fingerprint density at radius 3 is 2.44 bits per heavy atom. The minimum absolute atomic E-state index is 0.00898. The van der Waals surface area contributed by atoms with Crippen molar-refractivity contribution in [1.29, 1.82) is 0 Å². The molecule has 2 amide bonds. The fourth-order valence-corrected chi connectivity index (χ4v) is 3.87. The molecule has 2 saturated heterocycles. The van der Waals surface area contributed by atoms with Gasteiger partial charge in [-0.05, 0) is 31.1 Å². The van der Waals surface area contributed by atoms with E-state index in [1.165, 1.54) is 4.68 Å². The fraction of sp³-hybridized carbons (Fsp3) is 0.722. The van der Waals surface area contributed by atoms with Gasteiger partial charge in [-0.1, -0.05) is 13.8 Å². The molecule has 3 heterocycles. The van der Waals surface area contributed by atoms with E-state index in [-0.39, 0.29) is 18.4 Å². The Kier molecular flexibility index (Phi) is 5.30. The first-order valence-electron chi connectivity index (χ1n) is 9.18. The van der Waals surface area contributed by atoms with Crippen LogP contribution in [0.5, 0.6) is 5.88 Å². The Labute approximate surface area is 148 Å². The molecule has 3 rings (SSSR count). The van der Waals surface area contributed by atoms with Gasteiger partial charge in [-0.25, -0.2) is 4.68 Å². The summed E-state index contributed by atoms with van der Waals surface area (Å²) >= 11 is 0. The van der Waals surface area contributed by atoms with Crippen LogP contribution in [-0.2, 0) is 11.8 Å². The summed E-state index contributed by atoms with van der Waals surface area (Å²) in [6.07, 6.45) is 3.27. The molecule has 0 N–H and O–H groups in total. The third-order valence-corrected chi connectivity index (χ3v) is 5.01. The van der Waals surface area contributed by atoms with Gasteiger partial charge in [0.25, 0.3) is 11.8 Å². The topological polar surface area (TPSA) is 67.7 Å². The smallest absolute Gasteiger partial charge is 0.274 e. The van der Waals surface area contributed by atoms with Crippen molar-refractivity contribution in [3.8, 4) is 5.88 Å². The first kappa shape index (κ1) is 17.8. The Morgan fingerprint density at radius 1 is 1.16 bits per heavy atom. The van der Waals surface area contributed by atoms with Crippen molar-refractivity contribution in [1.82, 2.24) is 19.6 Å². The van der Waals surface area contributed by atoms with Gasteiger partial charge >= 0.3 is 0 Å². The molecule has 0 aliphatic carbocycles. The number of carbonyl (C=O) groups is 2. The van der Waals surface area contributed by atoms with E-state index in [9.17, 15) is 9.59 Å². The summed E-state index contributed by atoms with van der Waals surface area (Å²) in [5, 5.41) is 4.29. The van der Waals surface area contributed by atoms with E-state index in [2.05, 4.69) is 18.9 Å². The Morgan fingerprint density at radius 2 is 1.80 bits per heavy atom. The first-order chi connectivity index (χ1) is 11.9. The molecular weight excluding hydrogens is 320 g/mol. The highest BCUT2D eigenvalue weighted by Gasteiger charge is 2.28. The predicted molar refractivity (Wildman–Crippen MR) is 93.4 cm³/mol. The van der Waals surface area contributed by atoms with Crippen LogP contribution in [0.4, 0.5) is 0 Å². The molecule has 2 aliphatic heterocycles.